The smallest absolute Gasteiger partial charge is 0.254 e. The second kappa shape index (κ2) is 8.79. The molecule has 1 fully saturated rings. The third-order valence-electron chi connectivity index (χ3n) is 4.49. The molecule has 3 rings (SSSR count). The molecule has 10 heteroatoms. The van der Waals surface area contributed by atoms with Crippen LogP contribution in [0, 0.1) is 0 Å². The van der Waals surface area contributed by atoms with E-state index < -0.39 is 10.0 Å². The van der Waals surface area contributed by atoms with Gasteiger partial charge < -0.3 is 9.80 Å². The van der Waals surface area contributed by atoms with Gasteiger partial charge in [-0.15, -0.1) is 0 Å². The Labute approximate surface area is 174 Å². The van der Waals surface area contributed by atoms with Gasteiger partial charge in [0, 0.05) is 43.6 Å². The van der Waals surface area contributed by atoms with E-state index >= 15 is 0 Å². The van der Waals surface area contributed by atoms with E-state index in [4.69, 9.17) is 11.6 Å². The Morgan fingerprint density at radius 2 is 1.79 bits per heavy atom. The number of piperazine rings is 1. The van der Waals surface area contributed by atoms with E-state index in [1.807, 2.05) is 6.07 Å². The Morgan fingerprint density at radius 1 is 1.10 bits per heavy atom. The summed E-state index contributed by atoms with van der Waals surface area (Å²) in [5, 5.41) is 0.205. The molecule has 0 atom stereocenters. The molecule has 0 unspecified atom stereocenters. The average molecular weight is 437 g/mol. The second-order valence-electron chi connectivity index (χ2n) is 6.74. The SMILES string of the molecule is CS(=O)(=O)Nc1cc(C(=O)N2CCN(C(=O)Cc3ccccn3)CC2)ccc1Cl. The maximum Gasteiger partial charge on any atom is 0.254 e. The average Bonchev–Trinajstić information content (AvgIpc) is 2.69. The van der Waals surface area contributed by atoms with E-state index in [9.17, 15) is 18.0 Å². The zero-order valence-electron chi connectivity index (χ0n) is 15.8. The Kier molecular flexibility index (Phi) is 6.39. The van der Waals surface area contributed by atoms with E-state index in [2.05, 4.69) is 9.71 Å². The molecule has 0 aliphatic carbocycles. The molecule has 2 heterocycles. The zero-order chi connectivity index (χ0) is 21.0. The summed E-state index contributed by atoms with van der Waals surface area (Å²) in [6.07, 6.45) is 2.89. The largest absolute Gasteiger partial charge is 0.339 e. The summed E-state index contributed by atoms with van der Waals surface area (Å²) in [7, 11) is -3.52. The molecule has 0 radical (unpaired) electrons. The van der Waals surface area contributed by atoms with Crippen molar-refractivity contribution in [3.8, 4) is 0 Å². The molecule has 2 amide bonds. The van der Waals surface area contributed by atoms with Gasteiger partial charge in [0.25, 0.3) is 5.91 Å². The van der Waals surface area contributed by atoms with Crippen LogP contribution in [0.3, 0.4) is 0 Å². The first-order chi connectivity index (χ1) is 13.7. The first kappa shape index (κ1) is 21.1. The van der Waals surface area contributed by atoms with Gasteiger partial charge >= 0.3 is 0 Å². The van der Waals surface area contributed by atoms with Gasteiger partial charge in [-0.05, 0) is 30.3 Å². The lowest BCUT2D eigenvalue weighted by atomic mass is 10.1. The van der Waals surface area contributed by atoms with Gasteiger partial charge in [0.1, 0.15) is 0 Å². The molecule has 1 aromatic heterocycles. The quantitative estimate of drug-likeness (QED) is 0.767. The highest BCUT2D eigenvalue weighted by molar-refractivity contribution is 7.92. The maximum atomic E-state index is 12.8. The van der Waals surface area contributed by atoms with Gasteiger partial charge in [-0.1, -0.05) is 17.7 Å². The number of aromatic nitrogens is 1. The minimum atomic E-state index is -3.52. The van der Waals surface area contributed by atoms with Crippen molar-refractivity contribution >= 4 is 39.1 Å². The highest BCUT2D eigenvalue weighted by atomic mass is 35.5. The Balaban J connectivity index is 1.61. The summed E-state index contributed by atoms with van der Waals surface area (Å²) in [6.45, 7) is 1.65. The lowest BCUT2D eigenvalue weighted by Crippen LogP contribution is -2.51. The van der Waals surface area contributed by atoms with Crippen LogP contribution in [0.2, 0.25) is 5.02 Å². The highest BCUT2D eigenvalue weighted by Crippen LogP contribution is 2.25. The van der Waals surface area contributed by atoms with Crippen LogP contribution in [0.4, 0.5) is 5.69 Å². The number of carbonyl (C=O) groups excluding carboxylic acids is 2. The van der Waals surface area contributed by atoms with Gasteiger partial charge in [0.05, 0.1) is 23.4 Å². The molecule has 1 saturated heterocycles. The van der Waals surface area contributed by atoms with Crippen LogP contribution in [-0.4, -0.2) is 67.5 Å². The standard InChI is InChI=1S/C19H21ClN4O4S/c1-29(27,28)22-17-12-14(5-6-16(17)20)19(26)24-10-8-23(9-11-24)18(25)13-15-4-2-3-7-21-15/h2-7,12,22H,8-11,13H2,1H3. The molecule has 8 nitrogen and oxygen atoms in total. The predicted octanol–water partition coefficient (Wildman–Crippen LogP) is 1.63. The van der Waals surface area contributed by atoms with Crippen molar-refractivity contribution < 1.29 is 18.0 Å². The number of halogens is 1. The summed E-state index contributed by atoms with van der Waals surface area (Å²) in [5.41, 5.74) is 1.20. The van der Waals surface area contributed by atoms with Crippen LogP contribution in [0.1, 0.15) is 16.1 Å². The van der Waals surface area contributed by atoms with E-state index in [1.54, 1.807) is 34.2 Å². The normalized spacial score (nSPS) is 14.6. The second-order valence-corrected chi connectivity index (χ2v) is 8.90. The van der Waals surface area contributed by atoms with Gasteiger partial charge in [0.2, 0.25) is 15.9 Å². The first-order valence-electron chi connectivity index (χ1n) is 8.97. The molecule has 0 bridgehead atoms. The van der Waals surface area contributed by atoms with Gasteiger partial charge in [-0.25, -0.2) is 8.42 Å². The lowest BCUT2D eigenvalue weighted by Gasteiger charge is -2.35. The summed E-state index contributed by atoms with van der Waals surface area (Å²) in [6, 6.07) is 9.90. The fraction of sp³-hybridized carbons (Fsp3) is 0.316. The van der Waals surface area contributed by atoms with Gasteiger partial charge in [-0.2, -0.15) is 0 Å². The van der Waals surface area contributed by atoms with Crippen molar-refractivity contribution in [2.24, 2.45) is 0 Å². The number of carbonyl (C=O) groups is 2. The maximum absolute atomic E-state index is 12.8. The molecule has 1 N–H and O–H groups in total. The number of amides is 2. The molecule has 29 heavy (non-hydrogen) atoms. The van der Waals surface area contributed by atoms with E-state index in [-0.39, 0.29) is 28.9 Å². The third-order valence-corrected chi connectivity index (χ3v) is 5.41. The minimum Gasteiger partial charge on any atom is -0.339 e. The monoisotopic (exact) mass is 436 g/mol. The fourth-order valence-corrected chi connectivity index (χ4v) is 3.84. The summed E-state index contributed by atoms with van der Waals surface area (Å²) < 4.78 is 25.2. The summed E-state index contributed by atoms with van der Waals surface area (Å²) in [5.74, 6) is -0.267. The number of anilines is 1. The Hall–Kier alpha value is -2.65. The lowest BCUT2D eigenvalue weighted by molar-refractivity contribution is -0.132. The molecule has 0 saturated carbocycles. The van der Waals surface area contributed by atoms with Crippen molar-refractivity contribution in [1.29, 1.82) is 0 Å². The minimum absolute atomic E-state index is 0.0260. The highest BCUT2D eigenvalue weighted by Gasteiger charge is 2.25. The molecule has 0 spiro atoms. The van der Waals surface area contributed by atoms with Crippen molar-refractivity contribution in [2.75, 3.05) is 37.2 Å². The fourth-order valence-electron chi connectivity index (χ4n) is 3.05. The number of pyridine rings is 1. The van der Waals surface area contributed by atoms with Crippen LogP contribution in [0.25, 0.3) is 0 Å². The molecular formula is C19H21ClN4O4S. The van der Waals surface area contributed by atoms with Crippen molar-refractivity contribution in [2.45, 2.75) is 6.42 Å². The Morgan fingerprint density at radius 3 is 2.41 bits per heavy atom. The van der Waals surface area contributed by atoms with Gasteiger partial charge in [0.15, 0.2) is 0 Å². The Bertz CT molecular complexity index is 1010. The predicted molar refractivity (Wildman–Crippen MR) is 110 cm³/mol. The summed E-state index contributed by atoms with van der Waals surface area (Å²) >= 11 is 6.01. The van der Waals surface area contributed by atoms with E-state index in [1.165, 1.54) is 12.1 Å². The molecular weight excluding hydrogens is 416 g/mol. The topological polar surface area (TPSA) is 99.7 Å². The first-order valence-corrected chi connectivity index (χ1v) is 11.2. The van der Waals surface area contributed by atoms with Crippen molar-refractivity contribution in [3.05, 3.63) is 58.9 Å². The third kappa shape index (κ3) is 5.68. The van der Waals surface area contributed by atoms with Crippen molar-refractivity contribution in [3.63, 3.8) is 0 Å². The number of rotatable bonds is 5. The number of sulfonamides is 1. The van der Waals surface area contributed by atoms with E-state index in [0.717, 1.165) is 6.26 Å². The number of benzene rings is 1. The molecule has 1 aliphatic heterocycles. The molecule has 1 aromatic carbocycles. The van der Waals surface area contributed by atoms with Crippen LogP contribution >= 0.6 is 11.6 Å². The number of hydrogen-bond acceptors (Lipinski definition) is 5. The molecule has 1 aliphatic rings. The van der Waals surface area contributed by atoms with E-state index in [0.29, 0.717) is 37.4 Å². The van der Waals surface area contributed by atoms with Crippen LogP contribution in [0.5, 0.6) is 0 Å². The number of nitrogens with zero attached hydrogens (tertiary/aromatic N) is 3. The van der Waals surface area contributed by atoms with Crippen LogP contribution in [-0.2, 0) is 21.2 Å². The van der Waals surface area contributed by atoms with Crippen LogP contribution in [0.15, 0.2) is 42.6 Å². The number of nitrogens with one attached hydrogen (secondary N) is 1. The molecule has 154 valence electrons. The summed E-state index contributed by atoms with van der Waals surface area (Å²) in [4.78, 5) is 32.7. The van der Waals surface area contributed by atoms with Crippen LogP contribution < -0.4 is 4.72 Å². The number of hydrogen-bond donors (Lipinski definition) is 1. The van der Waals surface area contributed by atoms with Gasteiger partial charge in [-0.3, -0.25) is 19.3 Å². The van der Waals surface area contributed by atoms with Crippen molar-refractivity contribution in [1.82, 2.24) is 14.8 Å². The molecule has 2 aromatic rings. The zero-order valence-corrected chi connectivity index (χ0v) is 17.4.